The van der Waals surface area contributed by atoms with Gasteiger partial charge in [0.2, 0.25) is 5.88 Å². The Morgan fingerprint density at radius 2 is 2.03 bits per heavy atom. The molecule has 0 fully saturated rings. The van der Waals surface area contributed by atoms with Gasteiger partial charge in [-0.05, 0) is 30.4 Å². The van der Waals surface area contributed by atoms with Crippen LogP contribution in [-0.2, 0) is 27.5 Å². The fourth-order valence-corrected chi connectivity index (χ4v) is 3.97. The first-order valence-corrected chi connectivity index (χ1v) is 11.4. The number of benzene rings is 1. The lowest BCUT2D eigenvalue weighted by atomic mass is 10.1. The van der Waals surface area contributed by atoms with Gasteiger partial charge in [-0.1, -0.05) is 42.4 Å². The van der Waals surface area contributed by atoms with Gasteiger partial charge in [0.25, 0.3) is 11.7 Å². The first kappa shape index (κ1) is 24.0. The third kappa shape index (κ3) is 5.04. The van der Waals surface area contributed by atoms with E-state index >= 15 is 0 Å². The summed E-state index contributed by atoms with van der Waals surface area (Å²) < 4.78 is 7.68. The van der Waals surface area contributed by atoms with Gasteiger partial charge in [0.05, 0.1) is 18.1 Å². The number of ether oxygens (including phenoxy) is 1. The van der Waals surface area contributed by atoms with E-state index in [0.29, 0.717) is 39.9 Å². The van der Waals surface area contributed by atoms with E-state index in [2.05, 4.69) is 14.9 Å². The van der Waals surface area contributed by atoms with Crippen molar-refractivity contribution in [2.24, 2.45) is 5.73 Å². The Hall–Kier alpha value is -2.66. The van der Waals surface area contributed by atoms with Crippen molar-refractivity contribution in [2.75, 3.05) is 26.6 Å². The Balaban J connectivity index is 2.26. The first-order valence-electron chi connectivity index (χ1n) is 9.75. The average molecular weight is 479 g/mol. The number of aromatic nitrogens is 3. The van der Waals surface area contributed by atoms with Crippen LogP contribution in [0.5, 0.6) is 5.88 Å². The topological polar surface area (TPSA) is 119 Å². The van der Waals surface area contributed by atoms with Crippen molar-refractivity contribution in [3.8, 4) is 5.88 Å². The second kappa shape index (κ2) is 10.8. The van der Waals surface area contributed by atoms with Gasteiger partial charge >= 0.3 is 0 Å². The highest BCUT2D eigenvalue weighted by Gasteiger charge is 2.29. The third-order valence-electron chi connectivity index (χ3n) is 4.68. The maximum atomic E-state index is 12.9. The number of amides is 1. The highest BCUT2D eigenvalue weighted by atomic mass is 35.5. The molecule has 0 aliphatic rings. The normalized spacial score (nSPS) is 11.1. The van der Waals surface area contributed by atoms with Crippen LogP contribution in [0.3, 0.4) is 0 Å². The van der Waals surface area contributed by atoms with E-state index in [0.717, 1.165) is 5.56 Å². The Bertz CT molecular complexity index is 1150. The number of ketones is 1. The van der Waals surface area contributed by atoms with E-state index in [1.165, 1.54) is 18.9 Å². The molecule has 32 heavy (non-hydrogen) atoms. The number of nitrogens with two attached hydrogens (primary N) is 1. The summed E-state index contributed by atoms with van der Waals surface area (Å²) in [5.74, 6) is -1.72. The highest BCUT2D eigenvalue weighted by molar-refractivity contribution is 7.98. The molecule has 1 amide bonds. The Kier molecular flexibility index (Phi) is 8.08. The maximum absolute atomic E-state index is 12.9. The number of primary amides is 1. The van der Waals surface area contributed by atoms with E-state index < -0.39 is 11.7 Å². The lowest BCUT2D eigenvalue weighted by Crippen LogP contribution is -2.24. The summed E-state index contributed by atoms with van der Waals surface area (Å²) in [6.07, 6.45) is 2.28. The SMILES string of the molecule is CCc1c(C(=O)C(N)=O)c2c(OCCOOC)nc(SC)nc2n1Cc1cccc(Cl)c1. The van der Waals surface area contributed by atoms with Crippen molar-refractivity contribution in [3.05, 3.63) is 46.1 Å². The van der Waals surface area contributed by atoms with Crippen LogP contribution < -0.4 is 10.5 Å². The summed E-state index contributed by atoms with van der Waals surface area (Å²) in [7, 11) is 1.39. The van der Waals surface area contributed by atoms with Gasteiger partial charge in [-0.15, -0.1) is 0 Å². The van der Waals surface area contributed by atoms with Crippen LogP contribution in [0, 0.1) is 0 Å². The standard InChI is InChI=1S/C21H23ClN4O5S/c1-4-14-15(17(27)18(23)28)16-19(26(14)11-12-6-5-7-13(22)10-12)24-21(32-3)25-20(16)30-8-9-31-29-2/h5-7,10H,4,8-9,11H2,1-3H3,(H2,23,28). The van der Waals surface area contributed by atoms with Crippen molar-refractivity contribution < 1.29 is 24.1 Å². The summed E-state index contributed by atoms with van der Waals surface area (Å²) >= 11 is 7.49. The van der Waals surface area contributed by atoms with Gasteiger partial charge in [0, 0.05) is 17.3 Å². The molecule has 2 heterocycles. The average Bonchev–Trinajstić information content (AvgIpc) is 3.09. The molecule has 11 heteroatoms. The van der Waals surface area contributed by atoms with E-state index in [4.69, 9.17) is 27.0 Å². The molecule has 0 radical (unpaired) electrons. The molecule has 0 spiro atoms. The number of hydrogen-bond acceptors (Lipinski definition) is 8. The lowest BCUT2D eigenvalue weighted by Gasteiger charge is -2.11. The van der Waals surface area contributed by atoms with Crippen molar-refractivity contribution in [2.45, 2.75) is 25.0 Å². The molecule has 0 atom stereocenters. The summed E-state index contributed by atoms with van der Waals surface area (Å²) in [5.41, 5.74) is 7.50. The van der Waals surface area contributed by atoms with Crippen LogP contribution in [0.4, 0.5) is 0 Å². The number of nitrogens with zero attached hydrogens (tertiary/aromatic N) is 3. The molecule has 170 valence electrons. The number of hydrogen-bond donors (Lipinski definition) is 1. The zero-order valence-electron chi connectivity index (χ0n) is 17.9. The molecule has 0 unspecified atom stereocenters. The number of Topliss-reactive ketones (excluding diaryl/α,β-unsaturated/α-hetero) is 1. The minimum absolute atomic E-state index is 0.110. The second-order valence-electron chi connectivity index (χ2n) is 6.64. The van der Waals surface area contributed by atoms with Gasteiger partial charge in [-0.2, -0.15) is 4.98 Å². The molecular weight excluding hydrogens is 456 g/mol. The molecule has 0 aliphatic heterocycles. The van der Waals surface area contributed by atoms with Crippen molar-refractivity contribution in [1.82, 2.24) is 14.5 Å². The molecule has 3 rings (SSSR count). The number of carbonyl (C=O) groups excluding carboxylic acids is 2. The quantitative estimate of drug-likeness (QED) is 0.0849. The van der Waals surface area contributed by atoms with Gasteiger partial charge in [-0.25, -0.2) is 14.8 Å². The molecule has 0 bridgehead atoms. The fraction of sp³-hybridized carbons (Fsp3) is 0.333. The summed E-state index contributed by atoms with van der Waals surface area (Å²) in [6, 6.07) is 7.38. The van der Waals surface area contributed by atoms with Gasteiger partial charge in [-0.3, -0.25) is 9.59 Å². The molecule has 0 saturated carbocycles. The number of carbonyl (C=O) groups is 2. The third-order valence-corrected chi connectivity index (χ3v) is 5.46. The fourth-order valence-electron chi connectivity index (χ4n) is 3.41. The monoisotopic (exact) mass is 478 g/mol. The largest absolute Gasteiger partial charge is 0.474 e. The molecule has 9 nitrogen and oxygen atoms in total. The number of fused-ring (bicyclic) bond motifs is 1. The number of thioether (sulfide) groups is 1. The molecule has 2 aromatic heterocycles. The summed E-state index contributed by atoms with van der Waals surface area (Å²) in [4.78, 5) is 43.2. The van der Waals surface area contributed by atoms with E-state index in [1.54, 1.807) is 6.07 Å². The lowest BCUT2D eigenvalue weighted by molar-refractivity contribution is -0.275. The van der Waals surface area contributed by atoms with Crippen molar-refractivity contribution in [3.63, 3.8) is 0 Å². The molecule has 2 N–H and O–H groups in total. The predicted octanol–water partition coefficient (Wildman–Crippen LogP) is 3.04. The van der Waals surface area contributed by atoms with Crippen molar-refractivity contribution >= 4 is 46.1 Å². The Morgan fingerprint density at radius 1 is 1.25 bits per heavy atom. The smallest absolute Gasteiger partial charge is 0.289 e. The predicted molar refractivity (Wildman–Crippen MR) is 121 cm³/mol. The van der Waals surface area contributed by atoms with Crippen LogP contribution in [0.2, 0.25) is 5.02 Å². The molecule has 0 saturated heterocycles. The van der Waals surface area contributed by atoms with Gasteiger partial charge in [0.1, 0.15) is 18.9 Å². The van der Waals surface area contributed by atoms with Crippen LogP contribution in [0.25, 0.3) is 11.0 Å². The first-order chi connectivity index (χ1) is 15.4. The van der Waals surface area contributed by atoms with E-state index in [-0.39, 0.29) is 24.7 Å². The summed E-state index contributed by atoms with van der Waals surface area (Å²) in [6.45, 7) is 2.51. The highest BCUT2D eigenvalue weighted by Crippen LogP contribution is 2.34. The van der Waals surface area contributed by atoms with Crippen molar-refractivity contribution in [1.29, 1.82) is 0 Å². The minimum atomic E-state index is -1.07. The van der Waals surface area contributed by atoms with Gasteiger partial charge in [0.15, 0.2) is 5.16 Å². The maximum Gasteiger partial charge on any atom is 0.289 e. The molecular formula is C21H23ClN4O5S. The Labute approximate surface area is 194 Å². The molecule has 1 aromatic carbocycles. The van der Waals surface area contributed by atoms with Crippen LogP contribution >= 0.6 is 23.4 Å². The molecule has 0 aliphatic carbocycles. The van der Waals surface area contributed by atoms with Gasteiger partial charge < -0.3 is 15.0 Å². The van der Waals surface area contributed by atoms with Crippen LogP contribution in [0.1, 0.15) is 28.5 Å². The summed E-state index contributed by atoms with van der Waals surface area (Å²) in [5, 5.41) is 1.38. The number of halogens is 1. The van der Waals surface area contributed by atoms with Crippen LogP contribution in [0.15, 0.2) is 29.4 Å². The minimum Gasteiger partial charge on any atom is -0.474 e. The van der Waals surface area contributed by atoms with E-state index in [1.807, 2.05) is 35.9 Å². The number of rotatable bonds is 11. The Morgan fingerprint density at radius 3 is 2.66 bits per heavy atom. The van der Waals surface area contributed by atoms with E-state index in [9.17, 15) is 9.59 Å². The second-order valence-corrected chi connectivity index (χ2v) is 7.85. The molecule has 3 aromatic rings. The van der Waals surface area contributed by atoms with Crippen LogP contribution in [-0.4, -0.2) is 52.8 Å². The zero-order valence-corrected chi connectivity index (χ0v) is 19.5. The zero-order chi connectivity index (χ0) is 23.3.